The van der Waals surface area contributed by atoms with Crippen LogP contribution < -0.4 is 9.62 Å². The molecule has 1 aliphatic heterocycles. The Hall–Kier alpha value is -2.33. The number of nitrogens with one attached hydrogen (secondary N) is 3. The fraction of sp³-hybridized carbons (Fsp3) is 0.412. The number of aromatic amines is 1. The molecule has 27 heavy (non-hydrogen) atoms. The van der Waals surface area contributed by atoms with Gasteiger partial charge < -0.3 is 9.88 Å². The van der Waals surface area contributed by atoms with Crippen molar-refractivity contribution in [1.29, 1.82) is 5.41 Å². The Balaban J connectivity index is 1.68. The van der Waals surface area contributed by atoms with Crippen molar-refractivity contribution in [3.8, 4) is 11.4 Å². The van der Waals surface area contributed by atoms with Crippen molar-refractivity contribution in [3.63, 3.8) is 0 Å². The fourth-order valence-corrected chi connectivity index (χ4v) is 3.27. The number of hydrogen-bond donors (Lipinski definition) is 3. The molecular weight excluding hydrogens is 372 g/mol. The van der Waals surface area contributed by atoms with Crippen molar-refractivity contribution >= 4 is 29.6 Å². The van der Waals surface area contributed by atoms with E-state index in [-0.39, 0.29) is 0 Å². The average Bonchev–Trinajstić information content (AvgIpc) is 3.34. The standard InChI is InChI=1S/C17H21F2N7S/c1-27-24-7-11-4-5-26(9-11)16-6-13(22-10-23-16)14-8-21-15(25-14)3-2-12(20)17(18)19/h2-3,6,8,10-11,17,20,24H,4-5,7,9H2,1H3,(H,21,25)/b3-2-,20-12?. The zero-order valence-electron chi connectivity index (χ0n) is 14.8. The van der Waals surface area contributed by atoms with Gasteiger partial charge in [0.2, 0.25) is 0 Å². The van der Waals surface area contributed by atoms with E-state index < -0.39 is 12.1 Å². The Labute approximate surface area is 160 Å². The summed E-state index contributed by atoms with van der Waals surface area (Å²) in [5, 5.41) is 7.14. The van der Waals surface area contributed by atoms with Crippen molar-refractivity contribution in [2.24, 2.45) is 5.92 Å². The fourth-order valence-electron chi connectivity index (χ4n) is 2.87. The van der Waals surface area contributed by atoms with Gasteiger partial charge in [-0.25, -0.2) is 23.7 Å². The molecular formula is C17H21F2N7S. The van der Waals surface area contributed by atoms with Crippen LogP contribution in [0.1, 0.15) is 12.2 Å². The van der Waals surface area contributed by atoms with Gasteiger partial charge in [0.25, 0.3) is 6.43 Å². The lowest BCUT2D eigenvalue weighted by Gasteiger charge is -2.17. The minimum Gasteiger partial charge on any atom is -0.356 e. The van der Waals surface area contributed by atoms with Crippen LogP contribution in [-0.4, -0.2) is 58.0 Å². The van der Waals surface area contributed by atoms with Crippen LogP contribution in [0.15, 0.2) is 24.7 Å². The third-order valence-corrected chi connectivity index (χ3v) is 4.76. The first kappa shape index (κ1) is 19.4. The van der Waals surface area contributed by atoms with Gasteiger partial charge in [-0.2, -0.15) is 0 Å². The molecule has 7 nitrogen and oxygen atoms in total. The maximum Gasteiger partial charge on any atom is 0.279 e. The van der Waals surface area contributed by atoms with Crippen LogP contribution in [0.4, 0.5) is 14.6 Å². The normalized spacial score (nSPS) is 17.3. The molecule has 3 heterocycles. The van der Waals surface area contributed by atoms with Gasteiger partial charge in [-0.05, 0) is 30.7 Å². The summed E-state index contributed by atoms with van der Waals surface area (Å²) in [6, 6.07) is 1.90. The molecule has 3 N–H and O–H groups in total. The van der Waals surface area contributed by atoms with Gasteiger partial charge >= 0.3 is 0 Å². The third-order valence-electron chi connectivity index (χ3n) is 4.31. The second-order valence-corrected chi connectivity index (χ2v) is 6.88. The van der Waals surface area contributed by atoms with E-state index in [1.807, 2.05) is 12.3 Å². The highest BCUT2D eigenvalue weighted by atomic mass is 32.2. The molecule has 0 bridgehead atoms. The van der Waals surface area contributed by atoms with Crippen LogP contribution >= 0.6 is 11.9 Å². The van der Waals surface area contributed by atoms with Crippen LogP contribution in [0, 0.1) is 11.3 Å². The summed E-state index contributed by atoms with van der Waals surface area (Å²) in [4.78, 5) is 18.0. The minimum atomic E-state index is -2.80. The van der Waals surface area contributed by atoms with Crippen LogP contribution in [-0.2, 0) is 0 Å². The Morgan fingerprint density at radius 2 is 2.33 bits per heavy atom. The van der Waals surface area contributed by atoms with Crippen molar-refractivity contribution in [3.05, 3.63) is 30.5 Å². The van der Waals surface area contributed by atoms with Crippen LogP contribution in [0.5, 0.6) is 0 Å². The van der Waals surface area contributed by atoms with Crippen molar-refractivity contribution < 1.29 is 8.78 Å². The SMILES string of the molecule is CSNCC1CCN(c2cc(-c3cnc(/C=C\C(=N)C(F)F)[nH]3)ncn2)C1. The van der Waals surface area contributed by atoms with E-state index in [1.54, 1.807) is 18.1 Å². The second-order valence-electron chi connectivity index (χ2n) is 6.19. The number of rotatable bonds is 8. The van der Waals surface area contributed by atoms with Crippen LogP contribution in [0.2, 0.25) is 0 Å². The molecule has 0 spiro atoms. The summed E-state index contributed by atoms with van der Waals surface area (Å²) >= 11 is 1.63. The number of H-pyrrole nitrogens is 1. The van der Waals surface area contributed by atoms with Crippen LogP contribution in [0.3, 0.4) is 0 Å². The zero-order chi connectivity index (χ0) is 19.2. The molecule has 1 fully saturated rings. The number of alkyl halides is 2. The van der Waals surface area contributed by atoms with E-state index in [2.05, 4.69) is 29.6 Å². The maximum atomic E-state index is 12.4. The number of imidazole rings is 1. The molecule has 2 aromatic heterocycles. The highest BCUT2D eigenvalue weighted by Gasteiger charge is 2.23. The molecule has 3 rings (SSSR count). The van der Waals surface area contributed by atoms with Gasteiger partial charge in [0.15, 0.2) is 0 Å². The monoisotopic (exact) mass is 393 g/mol. The molecule has 1 saturated heterocycles. The zero-order valence-corrected chi connectivity index (χ0v) is 15.6. The van der Waals surface area contributed by atoms with Crippen molar-refractivity contribution in [2.75, 3.05) is 30.8 Å². The van der Waals surface area contributed by atoms with Gasteiger partial charge in [-0.3, -0.25) is 10.1 Å². The predicted octanol–water partition coefficient (Wildman–Crippen LogP) is 2.86. The number of allylic oxidation sites excluding steroid dienone is 1. The van der Waals surface area contributed by atoms with E-state index >= 15 is 0 Å². The molecule has 0 aliphatic carbocycles. The summed E-state index contributed by atoms with van der Waals surface area (Å²) < 4.78 is 28.0. The first-order valence-electron chi connectivity index (χ1n) is 8.49. The number of nitrogens with zero attached hydrogens (tertiary/aromatic N) is 4. The molecule has 0 radical (unpaired) electrons. The number of hydrogen-bond acceptors (Lipinski definition) is 7. The molecule has 144 valence electrons. The first-order chi connectivity index (χ1) is 13.1. The average molecular weight is 393 g/mol. The highest BCUT2D eigenvalue weighted by molar-refractivity contribution is 7.96. The summed E-state index contributed by atoms with van der Waals surface area (Å²) in [5.41, 5.74) is 0.597. The number of halogens is 2. The summed E-state index contributed by atoms with van der Waals surface area (Å²) in [6.45, 7) is 2.86. The molecule has 10 heteroatoms. The van der Waals surface area contributed by atoms with Crippen LogP contribution in [0.25, 0.3) is 17.5 Å². The summed E-state index contributed by atoms with van der Waals surface area (Å²) in [5.74, 6) is 1.84. The first-order valence-corrected chi connectivity index (χ1v) is 9.72. The molecule has 1 atom stereocenters. The number of anilines is 1. The highest BCUT2D eigenvalue weighted by Crippen LogP contribution is 2.25. The molecule has 2 aromatic rings. The van der Waals surface area contributed by atoms with Gasteiger partial charge in [0.1, 0.15) is 18.0 Å². The molecule has 1 aliphatic rings. The Bertz CT molecular complexity index is 808. The quantitative estimate of drug-likeness (QED) is 0.472. The second kappa shape index (κ2) is 9.05. The predicted molar refractivity (Wildman–Crippen MR) is 104 cm³/mol. The smallest absolute Gasteiger partial charge is 0.279 e. The lowest BCUT2D eigenvalue weighted by molar-refractivity contribution is 0.226. The summed E-state index contributed by atoms with van der Waals surface area (Å²) in [7, 11) is 0. The Kier molecular flexibility index (Phi) is 6.51. The molecule has 0 aromatic carbocycles. The van der Waals surface area contributed by atoms with E-state index in [0.29, 0.717) is 23.1 Å². The van der Waals surface area contributed by atoms with E-state index in [4.69, 9.17) is 5.41 Å². The largest absolute Gasteiger partial charge is 0.356 e. The molecule has 0 saturated carbocycles. The summed E-state index contributed by atoms with van der Waals surface area (Å²) in [6.07, 6.45) is 5.83. The van der Waals surface area contributed by atoms with Gasteiger partial charge in [0, 0.05) is 25.7 Å². The molecule has 1 unspecified atom stereocenters. The maximum absolute atomic E-state index is 12.4. The third kappa shape index (κ3) is 5.10. The number of aromatic nitrogens is 4. The Morgan fingerprint density at radius 3 is 3.11 bits per heavy atom. The van der Waals surface area contributed by atoms with Gasteiger partial charge in [0.05, 0.1) is 23.3 Å². The topological polar surface area (TPSA) is 93.6 Å². The Morgan fingerprint density at radius 1 is 1.48 bits per heavy atom. The van der Waals surface area contributed by atoms with E-state index in [0.717, 1.165) is 37.9 Å². The molecule has 0 amide bonds. The van der Waals surface area contributed by atoms with Crippen molar-refractivity contribution in [2.45, 2.75) is 12.8 Å². The van der Waals surface area contributed by atoms with Crippen molar-refractivity contribution in [1.82, 2.24) is 24.7 Å². The van der Waals surface area contributed by atoms with E-state index in [9.17, 15) is 8.78 Å². The lowest BCUT2D eigenvalue weighted by Crippen LogP contribution is -2.24. The minimum absolute atomic E-state index is 0.389. The van der Waals surface area contributed by atoms with Gasteiger partial charge in [-0.1, -0.05) is 11.9 Å². The van der Waals surface area contributed by atoms with E-state index in [1.165, 1.54) is 12.4 Å². The van der Waals surface area contributed by atoms with Gasteiger partial charge in [-0.15, -0.1) is 0 Å². The lowest BCUT2D eigenvalue weighted by atomic mass is 10.1.